The van der Waals surface area contributed by atoms with Crippen molar-refractivity contribution in [1.29, 1.82) is 0 Å². The predicted molar refractivity (Wildman–Crippen MR) is 109 cm³/mol. The van der Waals surface area contributed by atoms with Crippen LogP contribution in [0.5, 0.6) is 17.2 Å². The molecule has 150 valence electrons. The number of hydrogen-bond donors (Lipinski definition) is 0. The molecule has 0 bridgehead atoms. The Balaban J connectivity index is 2.20. The highest BCUT2D eigenvalue weighted by atomic mass is 31.1. The van der Waals surface area contributed by atoms with Crippen LogP contribution in [0.3, 0.4) is 0 Å². The highest BCUT2D eigenvalue weighted by Crippen LogP contribution is 2.36. The molecule has 0 N–H and O–H groups in total. The van der Waals surface area contributed by atoms with E-state index in [1.165, 1.54) is 21.3 Å². The topological polar surface area (TPSA) is 78.9 Å². The molecule has 0 saturated carbocycles. The maximum Gasteiger partial charge on any atom is 0.219 e. The van der Waals surface area contributed by atoms with Gasteiger partial charge in [-0.3, -0.25) is 9.59 Å². The monoisotopic (exact) mass is 404 g/mol. The van der Waals surface area contributed by atoms with Crippen molar-refractivity contribution in [2.75, 3.05) is 27.5 Å². The van der Waals surface area contributed by atoms with Crippen molar-refractivity contribution in [1.82, 2.24) is 0 Å². The standard InChI is InChI=1S/C21H25O6P/c1-13-7-6-8-14(2)19(13)21(23)28(24)10-9-16(22)20-17(26-4)11-15(25-3)12-18(20)27-5/h6-8,11-12,28H,9-10H2,1-5H3. The number of benzene rings is 2. The van der Waals surface area contributed by atoms with E-state index in [9.17, 15) is 14.2 Å². The van der Waals surface area contributed by atoms with Crippen molar-refractivity contribution in [3.8, 4) is 17.2 Å². The molecule has 2 rings (SSSR count). The molecule has 0 aliphatic rings. The number of ether oxygens (including phenoxy) is 3. The van der Waals surface area contributed by atoms with E-state index in [1.807, 2.05) is 32.0 Å². The average molecular weight is 404 g/mol. The Morgan fingerprint density at radius 1 is 0.893 bits per heavy atom. The molecule has 0 aliphatic heterocycles. The van der Waals surface area contributed by atoms with Gasteiger partial charge in [0.15, 0.2) is 5.78 Å². The van der Waals surface area contributed by atoms with Gasteiger partial charge in [0.1, 0.15) is 30.6 Å². The average Bonchev–Trinajstić information content (AvgIpc) is 2.70. The smallest absolute Gasteiger partial charge is 0.219 e. The fraction of sp³-hybridized carbons (Fsp3) is 0.333. The summed E-state index contributed by atoms with van der Waals surface area (Å²) in [7, 11) is 1.75. The molecule has 28 heavy (non-hydrogen) atoms. The number of hydrogen-bond acceptors (Lipinski definition) is 6. The zero-order valence-electron chi connectivity index (χ0n) is 16.8. The van der Waals surface area contributed by atoms with Crippen LogP contribution in [0.1, 0.15) is 38.3 Å². The molecule has 1 unspecified atom stereocenters. The molecule has 0 aliphatic carbocycles. The number of rotatable bonds is 9. The molecule has 0 heterocycles. The minimum absolute atomic E-state index is 0.00551. The minimum Gasteiger partial charge on any atom is -0.496 e. The van der Waals surface area contributed by atoms with Crippen LogP contribution in [0.15, 0.2) is 30.3 Å². The third-order valence-electron chi connectivity index (χ3n) is 4.53. The van der Waals surface area contributed by atoms with Crippen LogP contribution in [0.2, 0.25) is 0 Å². The van der Waals surface area contributed by atoms with Crippen LogP contribution in [-0.2, 0) is 4.57 Å². The third kappa shape index (κ3) is 4.63. The fourth-order valence-electron chi connectivity index (χ4n) is 3.06. The molecule has 0 fully saturated rings. The second kappa shape index (κ2) is 9.56. The summed E-state index contributed by atoms with van der Waals surface area (Å²) in [6, 6.07) is 8.65. The van der Waals surface area contributed by atoms with E-state index in [1.54, 1.807) is 12.1 Å². The summed E-state index contributed by atoms with van der Waals surface area (Å²) < 4.78 is 28.3. The van der Waals surface area contributed by atoms with Gasteiger partial charge in [0.25, 0.3) is 0 Å². The van der Waals surface area contributed by atoms with E-state index >= 15 is 0 Å². The second-order valence-electron chi connectivity index (χ2n) is 6.35. The Morgan fingerprint density at radius 2 is 1.43 bits per heavy atom. The Labute approximate surface area is 165 Å². The number of aryl methyl sites for hydroxylation is 2. The van der Waals surface area contributed by atoms with Crippen molar-refractivity contribution in [3.05, 3.63) is 52.6 Å². The first-order chi connectivity index (χ1) is 13.3. The molecule has 0 amide bonds. The molecule has 2 aromatic carbocycles. The van der Waals surface area contributed by atoms with Gasteiger partial charge in [-0.2, -0.15) is 0 Å². The van der Waals surface area contributed by atoms with Gasteiger partial charge in [0, 0.05) is 30.3 Å². The van der Waals surface area contributed by atoms with Gasteiger partial charge in [-0.1, -0.05) is 18.2 Å². The molecule has 0 spiro atoms. The third-order valence-corrected chi connectivity index (χ3v) is 6.00. The van der Waals surface area contributed by atoms with Crippen LogP contribution < -0.4 is 14.2 Å². The molecular formula is C21H25O6P. The highest BCUT2D eigenvalue weighted by molar-refractivity contribution is 7.64. The largest absolute Gasteiger partial charge is 0.496 e. The maximum absolute atomic E-state index is 12.8. The molecular weight excluding hydrogens is 379 g/mol. The first-order valence-corrected chi connectivity index (χ1v) is 10.4. The van der Waals surface area contributed by atoms with E-state index in [0.29, 0.717) is 22.8 Å². The lowest BCUT2D eigenvalue weighted by molar-refractivity contribution is 0.0983. The summed E-state index contributed by atoms with van der Waals surface area (Å²) in [5.74, 6) is 0.803. The Bertz CT molecular complexity index is 874. The van der Waals surface area contributed by atoms with E-state index in [2.05, 4.69) is 0 Å². The summed E-state index contributed by atoms with van der Waals surface area (Å²) >= 11 is 0. The summed E-state index contributed by atoms with van der Waals surface area (Å²) in [6.45, 7) is 3.63. The van der Waals surface area contributed by atoms with E-state index in [-0.39, 0.29) is 29.5 Å². The summed E-state index contributed by atoms with van der Waals surface area (Å²) in [5.41, 5.74) is 1.92. The van der Waals surface area contributed by atoms with Crippen molar-refractivity contribution in [2.24, 2.45) is 0 Å². The van der Waals surface area contributed by atoms with Gasteiger partial charge in [-0.05, 0) is 25.0 Å². The number of carbonyl (C=O) groups is 2. The summed E-state index contributed by atoms with van der Waals surface area (Å²) in [6.07, 6.45) is -0.0536. The first kappa shape index (κ1) is 21.7. The summed E-state index contributed by atoms with van der Waals surface area (Å²) in [5, 5.41) is 0. The van der Waals surface area contributed by atoms with Gasteiger partial charge in [-0.15, -0.1) is 0 Å². The maximum atomic E-state index is 12.8. The van der Waals surface area contributed by atoms with Crippen LogP contribution in [0, 0.1) is 13.8 Å². The Morgan fingerprint density at radius 3 is 1.89 bits per heavy atom. The zero-order chi connectivity index (χ0) is 20.8. The molecule has 0 radical (unpaired) electrons. The number of methoxy groups -OCH3 is 3. The zero-order valence-corrected chi connectivity index (χ0v) is 17.8. The molecule has 0 saturated heterocycles. The van der Waals surface area contributed by atoms with E-state index < -0.39 is 7.80 Å². The lowest BCUT2D eigenvalue weighted by Gasteiger charge is -2.14. The molecule has 6 nitrogen and oxygen atoms in total. The van der Waals surface area contributed by atoms with Crippen molar-refractivity contribution >= 4 is 19.1 Å². The summed E-state index contributed by atoms with van der Waals surface area (Å²) in [4.78, 5) is 25.4. The van der Waals surface area contributed by atoms with Crippen LogP contribution >= 0.6 is 7.80 Å². The molecule has 2 aromatic rings. The van der Waals surface area contributed by atoms with Gasteiger partial charge < -0.3 is 18.8 Å². The van der Waals surface area contributed by atoms with Gasteiger partial charge >= 0.3 is 0 Å². The highest BCUT2D eigenvalue weighted by Gasteiger charge is 2.23. The van der Waals surface area contributed by atoms with E-state index in [4.69, 9.17) is 14.2 Å². The minimum atomic E-state index is -2.63. The first-order valence-electron chi connectivity index (χ1n) is 8.81. The van der Waals surface area contributed by atoms with Gasteiger partial charge in [0.2, 0.25) is 5.52 Å². The van der Waals surface area contributed by atoms with Crippen molar-refractivity contribution in [2.45, 2.75) is 20.3 Å². The lowest BCUT2D eigenvalue weighted by atomic mass is 10.0. The lowest BCUT2D eigenvalue weighted by Crippen LogP contribution is -2.08. The van der Waals surface area contributed by atoms with Crippen molar-refractivity contribution < 1.29 is 28.4 Å². The van der Waals surface area contributed by atoms with E-state index in [0.717, 1.165) is 11.1 Å². The van der Waals surface area contributed by atoms with Crippen LogP contribution in [-0.4, -0.2) is 38.8 Å². The Kier molecular flexibility index (Phi) is 7.41. The SMILES string of the molecule is COc1cc(OC)c(C(=O)CC[PH](=O)C(=O)c2c(C)cccc2C)c(OC)c1. The van der Waals surface area contributed by atoms with Gasteiger partial charge in [0.05, 0.1) is 21.3 Å². The number of ketones is 1. The fourth-order valence-corrected chi connectivity index (χ4v) is 4.41. The second-order valence-corrected chi connectivity index (χ2v) is 8.15. The normalized spacial score (nSPS) is 11.6. The Hall–Kier alpha value is -2.59. The van der Waals surface area contributed by atoms with Crippen LogP contribution in [0.25, 0.3) is 0 Å². The van der Waals surface area contributed by atoms with Crippen molar-refractivity contribution in [3.63, 3.8) is 0 Å². The van der Waals surface area contributed by atoms with Gasteiger partial charge in [-0.25, -0.2) is 0 Å². The predicted octanol–water partition coefficient (Wildman–Crippen LogP) is 4.30. The van der Waals surface area contributed by atoms with Crippen LogP contribution in [0.4, 0.5) is 0 Å². The quantitative estimate of drug-likeness (QED) is 0.458. The number of carbonyl (C=O) groups excluding carboxylic acids is 2. The molecule has 7 heteroatoms. The number of Topliss-reactive ketones (excluding diaryl/α,β-unsaturated/α-hetero) is 1. The molecule has 0 aromatic heterocycles. The molecule has 1 atom stereocenters.